The molecule has 0 atom stereocenters. The Morgan fingerprint density at radius 1 is 0.939 bits per heavy atom. The lowest BCUT2D eigenvalue weighted by Gasteiger charge is -2.31. The second-order valence-electron chi connectivity index (χ2n) is 7.49. The van der Waals surface area contributed by atoms with E-state index in [-0.39, 0.29) is 22.0 Å². The maximum absolute atomic E-state index is 13.3. The first-order chi connectivity index (χ1) is 15.7. The summed E-state index contributed by atoms with van der Waals surface area (Å²) in [4.78, 5) is 0.0246. The van der Waals surface area contributed by atoms with E-state index in [2.05, 4.69) is 4.72 Å². The predicted molar refractivity (Wildman–Crippen MR) is 124 cm³/mol. The molecule has 3 aromatic carbocycles. The van der Waals surface area contributed by atoms with Gasteiger partial charge in [-0.15, -0.1) is 0 Å². The van der Waals surface area contributed by atoms with Gasteiger partial charge in [0, 0.05) is 6.54 Å². The van der Waals surface area contributed by atoms with Gasteiger partial charge in [0.1, 0.15) is 11.6 Å². The smallest absolute Gasteiger partial charge is 0.264 e. The monoisotopic (exact) mass is 490 g/mol. The minimum absolute atomic E-state index is 0.0304. The number of ether oxygens (including phenoxy) is 1. The van der Waals surface area contributed by atoms with Crippen molar-refractivity contribution in [1.82, 2.24) is 0 Å². The van der Waals surface area contributed by atoms with Crippen molar-refractivity contribution in [3.8, 4) is 5.75 Å². The van der Waals surface area contributed by atoms with Gasteiger partial charge >= 0.3 is 0 Å². The maximum Gasteiger partial charge on any atom is 0.264 e. The van der Waals surface area contributed by atoms with E-state index in [4.69, 9.17) is 4.74 Å². The minimum atomic E-state index is -3.94. The molecule has 1 heterocycles. The van der Waals surface area contributed by atoms with Crippen LogP contribution in [0.1, 0.15) is 18.9 Å². The van der Waals surface area contributed by atoms with Crippen molar-refractivity contribution < 1.29 is 26.0 Å². The van der Waals surface area contributed by atoms with Gasteiger partial charge in [-0.25, -0.2) is 21.2 Å². The second-order valence-corrected chi connectivity index (χ2v) is 11.0. The molecule has 1 aliphatic heterocycles. The highest BCUT2D eigenvalue weighted by molar-refractivity contribution is 7.93. The van der Waals surface area contributed by atoms with Gasteiger partial charge in [-0.05, 0) is 86.0 Å². The Hall–Kier alpha value is -3.11. The third-order valence-corrected chi connectivity index (χ3v) is 8.48. The molecular weight excluding hydrogens is 467 g/mol. The lowest BCUT2D eigenvalue weighted by atomic mass is 10.0. The molecule has 0 aromatic heterocycles. The lowest BCUT2D eigenvalue weighted by molar-refractivity contribution is 0.340. The average molecular weight is 491 g/mol. The molecule has 0 spiro atoms. The molecule has 3 aromatic rings. The molecule has 33 heavy (non-hydrogen) atoms. The van der Waals surface area contributed by atoms with Crippen LogP contribution in [0.4, 0.5) is 15.8 Å². The fourth-order valence-corrected chi connectivity index (χ4v) is 6.27. The van der Waals surface area contributed by atoms with E-state index in [9.17, 15) is 21.2 Å². The number of halogens is 1. The molecule has 7 nitrogen and oxygen atoms in total. The number of sulfonamides is 2. The molecule has 0 radical (unpaired) electrons. The van der Waals surface area contributed by atoms with Crippen LogP contribution < -0.4 is 13.8 Å². The van der Waals surface area contributed by atoms with Crippen molar-refractivity contribution in [2.75, 3.05) is 22.2 Å². The van der Waals surface area contributed by atoms with Crippen molar-refractivity contribution >= 4 is 31.4 Å². The van der Waals surface area contributed by atoms with Crippen molar-refractivity contribution in [3.05, 3.63) is 78.1 Å². The molecule has 4 rings (SSSR count). The summed E-state index contributed by atoms with van der Waals surface area (Å²) in [6, 6.07) is 15.5. The lowest BCUT2D eigenvalue weighted by Crippen LogP contribution is -2.35. The first-order valence-electron chi connectivity index (χ1n) is 10.4. The molecule has 0 unspecified atom stereocenters. The zero-order chi connectivity index (χ0) is 23.6. The third kappa shape index (κ3) is 4.81. The first kappa shape index (κ1) is 23.1. The van der Waals surface area contributed by atoms with Gasteiger partial charge in [0.2, 0.25) is 0 Å². The number of benzene rings is 3. The van der Waals surface area contributed by atoms with Gasteiger partial charge in [0.15, 0.2) is 0 Å². The van der Waals surface area contributed by atoms with E-state index < -0.39 is 25.9 Å². The molecule has 1 N–H and O–H groups in total. The van der Waals surface area contributed by atoms with Crippen molar-refractivity contribution in [2.45, 2.75) is 29.6 Å². The number of nitrogens with one attached hydrogen (secondary N) is 1. The van der Waals surface area contributed by atoms with Crippen LogP contribution in [0.25, 0.3) is 0 Å². The predicted octanol–water partition coefficient (Wildman–Crippen LogP) is 4.17. The summed E-state index contributed by atoms with van der Waals surface area (Å²) >= 11 is 0. The Morgan fingerprint density at radius 2 is 1.61 bits per heavy atom. The number of anilines is 2. The Bertz CT molecular complexity index is 1360. The van der Waals surface area contributed by atoms with Gasteiger partial charge < -0.3 is 4.74 Å². The maximum atomic E-state index is 13.3. The second kappa shape index (κ2) is 9.03. The zero-order valence-corrected chi connectivity index (χ0v) is 19.5. The number of aryl methyl sites for hydroxylation is 1. The Kier molecular flexibility index (Phi) is 6.31. The number of fused-ring (bicyclic) bond motifs is 1. The van der Waals surface area contributed by atoms with Crippen LogP contribution in [0.3, 0.4) is 0 Å². The van der Waals surface area contributed by atoms with Gasteiger partial charge in [-0.1, -0.05) is 6.07 Å². The van der Waals surface area contributed by atoms with Crippen molar-refractivity contribution in [2.24, 2.45) is 0 Å². The Morgan fingerprint density at radius 3 is 2.27 bits per heavy atom. The quantitative estimate of drug-likeness (QED) is 0.537. The van der Waals surface area contributed by atoms with E-state index in [1.54, 1.807) is 24.3 Å². The van der Waals surface area contributed by atoms with E-state index in [1.165, 1.54) is 34.6 Å². The summed E-state index contributed by atoms with van der Waals surface area (Å²) in [6.45, 7) is 2.54. The fourth-order valence-electron chi connectivity index (χ4n) is 3.68. The molecule has 174 valence electrons. The summed E-state index contributed by atoms with van der Waals surface area (Å²) in [5.74, 6) is 0.0332. The highest BCUT2D eigenvalue weighted by atomic mass is 32.2. The van der Waals surface area contributed by atoms with E-state index in [1.807, 2.05) is 6.92 Å². The number of hydrogen-bond donors (Lipinski definition) is 1. The van der Waals surface area contributed by atoms with Gasteiger partial charge in [0.25, 0.3) is 20.0 Å². The number of hydrogen-bond acceptors (Lipinski definition) is 5. The number of rotatable bonds is 7. The summed E-state index contributed by atoms with van der Waals surface area (Å²) < 4.78 is 74.5. The first-order valence-corrected chi connectivity index (χ1v) is 13.3. The molecule has 0 fully saturated rings. The van der Waals surface area contributed by atoms with Crippen LogP contribution in [0.15, 0.2) is 76.5 Å². The number of nitrogens with zero attached hydrogens (tertiary/aromatic N) is 1. The van der Waals surface area contributed by atoms with Crippen molar-refractivity contribution in [1.29, 1.82) is 0 Å². The fraction of sp³-hybridized carbons (Fsp3) is 0.217. The van der Waals surface area contributed by atoms with Gasteiger partial charge in [-0.3, -0.25) is 9.03 Å². The summed E-state index contributed by atoms with van der Waals surface area (Å²) in [7, 11) is -7.84. The van der Waals surface area contributed by atoms with Crippen LogP contribution in [0.2, 0.25) is 0 Å². The highest BCUT2D eigenvalue weighted by Gasteiger charge is 2.29. The molecule has 0 bridgehead atoms. The summed E-state index contributed by atoms with van der Waals surface area (Å²) in [5.41, 5.74) is 1.43. The molecular formula is C23H23FN2O5S2. The molecule has 0 saturated heterocycles. The van der Waals surface area contributed by atoms with Crippen LogP contribution in [-0.2, 0) is 26.5 Å². The van der Waals surface area contributed by atoms with E-state index >= 15 is 0 Å². The van der Waals surface area contributed by atoms with Crippen molar-refractivity contribution in [3.63, 3.8) is 0 Å². The van der Waals surface area contributed by atoms with Crippen LogP contribution in [0.5, 0.6) is 5.75 Å². The molecule has 0 saturated carbocycles. The average Bonchev–Trinajstić information content (AvgIpc) is 2.79. The Balaban J connectivity index is 1.65. The van der Waals surface area contributed by atoms with Gasteiger partial charge in [-0.2, -0.15) is 0 Å². The summed E-state index contributed by atoms with van der Waals surface area (Å²) in [6.07, 6.45) is 1.28. The highest BCUT2D eigenvalue weighted by Crippen LogP contribution is 2.35. The van der Waals surface area contributed by atoms with Crippen LogP contribution >= 0.6 is 0 Å². The largest absolute Gasteiger partial charge is 0.494 e. The van der Waals surface area contributed by atoms with Crippen LogP contribution in [0, 0.1) is 5.82 Å². The SMILES string of the molecule is CCOc1ccc(S(=O)(=O)Nc2ccc3c(c2)N(S(=O)(=O)c2ccc(F)cc2)CCC3)cc1. The summed E-state index contributed by atoms with van der Waals surface area (Å²) in [5, 5.41) is 0. The molecule has 0 aliphatic carbocycles. The molecule has 0 amide bonds. The topological polar surface area (TPSA) is 92.8 Å². The molecule has 1 aliphatic rings. The van der Waals surface area contributed by atoms with E-state index in [0.717, 1.165) is 17.7 Å². The molecule has 10 heteroatoms. The third-order valence-electron chi connectivity index (χ3n) is 5.26. The normalized spacial score (nSPS) is 13.9. The zero-order valence-electron chi connectivity index (χ0n) is 17.9. The van der Waals surface area contributed by atoms with Gasteiger partial charge in [0.05, 0.1) is 27.8 Å². The van der Waals surface area contributed by atoms with E-state index in [0.29, 0.717) is 30.9 Å². The van der Waals surface area contributed by atoms with Crippen LogP contribution in [-0.4, -0.2) is 30.0 Å². The minimum Gasteiger partial charge on any atom is -0.494 e. The Labute approximate surface area is 192 Å². The standard InChI is InChI=1S/C23H23FN2O5S2/c1-2-31-20-9-13-21(14-10-20)32(27,28)25-19-8-5-17-4-3-15-26(23(17)16-19)33(29,30)22-11-6-18(24)7-12-22/h5-14,16,25H,2-4,15H2,1H3.